The van der Waals surface area contributed by atoms with Crippen molar-refractivity contribution in [1.29, 1.82) is 0 Å². The predicted molar refractivity (Wildman–Crippen MR) is 144 cm³/mol. The number of ether oxygens (including phenoxy) is 2. The summed E-state index contributed by atoms with van der Waals surface area (Å²) in [6.45, 7) is 10.5. The Kier molecular flexibility index (Phi) is 8.75. The summed E-state index contributed by atoms with van der Waals surface area (Å²) in [6.07, 6.45) is 2.52. The summed E-state index contributed by atoms with van der Waals surface area (Å²) in [5, 5.41) is 5.04. The smallest absolute Gasteiger partial charge is 0.282 e. The highest BCUT2D eigenvalue weighted by atomic mass is 79.9. The number of aromatic nitrogens is 2. The Morgan fingerprint density at radius 3 is 2.48 bits per heavy atom. The molecule has 0 N–H and O–H groups in total. The van der Waals surface area contributed by atoms with Crippen molar-refractivity contribution in [3.05, 3.63) is 59.4 Å². The highest BCUT2D eigenvalue weighted by molar-refractivity contribution is 9.13. The topological polar surface area (TPSA) is 65.7 Å². The fourth-order valence-electron chi connectivity index (χ4n) is 3.13. The van der Waals surface area contributed by atoms with Crippen LogP contribution in [0.1, 0.15) is 58.3 Å². The molecule has 1 aromatic heterocycles. The first-order valence-electron chi connectivity index (χ1n) is 10.8. The Bertz CT molecular complexity index is 1260. The molecule has 33 heavy (non-hydrogen) atoms. The van der Waals surface area contributed by atoms with Gasteiger partial charge in [-0.05, 0) is 76.4 Å². The Balaban J connectivity index is 2.15. The largest absolute Gasteiger partial charge is 0.490 e. The third-order valence-corrected chi connectivity index (χ3v) is 7.65. The summed E-state index contributed by atoms with van der Waals surface area (Å²) < 4.78 is 15.6. The lowest BCUT2D eigenvalue weighted by atomic mass is 10.2. The molecule has 1 atom stereocenters. The highest BCUT2D eigenvalue weighted by Crippen LogP contribution is 2.43. The van der Waals surface area contributed by atoms with Crippen LogP contribution in [-0.2, 0) is 0 Å². The fraction of sp³-hybridized carbons (Fsp3) is 0.375. The molecule has 0 aliphatic carbocycles. The van der Waals surface area contributed by atoms with Crippen LogP contribution in [0.3, 0.4) is 0 Å². The minimum absolute atomic E-state index is 0.00312. The van der Waals surface area contributed by atoms with Crippen molar-refractivity contribution in [2.45, 2.75) is 53.1 Å². The maximum absolute atomic E-state index is 13.3. The van der Waals surface area contributed by atoms with Crippen molar-refractivity contribution >= 4 is 64.9 Å². The third kappa shape index (κ3) is 5.69. The molecule has 9 heteroatoms. The minimum atomic E-state index is -0.224. The first-order chi connectivity index (χ1) is 15.7. The molecule has 2 aromatic carbocycles. The zero-order valence-electron chi connectivity index (χ0n) is 19.2. The fourth-order valence-corrected chi connectivity index (χ4v) is 4.40. The monoisotopic (exact) mass is 641 g/mol. The third-order valence-electron chi connectivity index (χ3n) is 5.01. The van der Waals surface area contributed by atoms with Gasteiger partial charge in [-0.1, -0.05) is 36.7 Å². The molecular weight excluding hydrogens is 618 g/mol. The SMILES string of the molecule is CCOc1cc(C=Nn2c(C(C)C)nc3ccc(Br)cc3c2=O)c(Br)c(Br)c1O[C@@H](C)CC. The van der Waals surface area contributed by atoms with Crippen LogP contribution in [0.25, 0.3) is 10.9 Å². The Morgan fingerprint density at radius 2 is 1.85 bits per heavy atom. The number of hydrogen-bond donors (Lipinski definition) is 0. The van der Waals surface area contributed by atoms with Crippen molar-refractivity contribution in [2.24, 2.45) is 5.10 Å². The van der Waals surface area contributed by atoms with Gasteiger partial charge >= 0.3 is 0 Å². The second-order valence-corrected chi connectivity index (χ2v) is 10.3. The van der Waals surface area contributed by atoms with Gasteiger partial charge in [0.25, 0.3) is 5.56 Å². The summed E-state index contributed by atoms with van der Waals surface area (Å²) in [7, 11) is 0. The first-order valence-corrected chi connectivity index (χ1v) is 13.1. The van der Waals surface area contributed by atoms with E-state index in [2.05, 4.69) is 59.8 Å². The molecule has 0 amide bonds. The predicted octanol–water partition coefficient (Wildman–Crippen LogP) is 7.27. The highest BCUT2D eigenvalue weighted by Gasteiger charge is 2.19. The van der Waals surface area contributed by atoms with Gasteiger partial charge in [-0.2, -0.15) is 9.78 Å². The maximum Gasteiger partial charge on any atom is 0.282 e. The molecule has 0 fully saturated rings. The van der Waals surface area contributed by atoms with Gasteiger partial charge in [-0.3, -0.25) is 4.79 Å². The van der Waals surface area contributed by atoms with Gasteiger partial charge in [-0.25, -0.2) is 4.98 Å². The standard InChI is InChI=1S/C24H26Br3N3O3/c1-6-14(5)33-22-19(32-7-2)10-15(20(26)21(22)27)12-28-30-23(13(3)4)29-18-9-8-16(25)11-17(18)24(30)31/h8-14H,6-7H2,1-5H3/t14-/m0/s1. The second kappa shape index (κ2) is 11.1. The van der Waals surface area contributed by atoms with Crippen molar-refractivity contribution in [3.63, 3.8) is 0 Å². The van der Waals surface area contributed by atoms with E-state index in [4.69, 9.17) is 14.5 Å². The molecule has 6 nitrogen and oxygen atoms in total. The van der Waals surface area contributed by atoms with Crippen LogP contribution in [0.15, 0.2) is 47.6 Å². The lowest BCUT2D eigenvalue weighted by Crippen LogP contribution is -2.23. The molecule has 0 bridgehead atoms. The van der Waals surface area contributed by atoms with Crippen LogP contribution < -0.4 is 15.0 Å². The van der Waals surface area contributed by atoms with Gasteiger partial charge in [-0.15, -0.1) is 0 Å². The van der Waals surface area contributed by atoms with Gasteiger partial charge < -0.3 is 9.47 Å². The summed E-state index contributed by atoms with van der Waals surface area (Å²) in [6, 6.07) is 7.32. The van der Waals surface area contributed by atoms with E-state index in [0.717, 1.165) is 25.4 Å². The molecule has 3 aromatic rings. The van der Waals surface area contributed by atoms with Crippen molar-refractivity contribution in [3.8, 4) is 11.5 Å². The van der Waals surface area contributed by atoms with Crippen LogP contribution in [0.5, 0.6) is 11.5 Å². The minimum Gasteiger partial charge on any atom is -0.490 e. The number of halogens is 3. The number of fused-ring (bicyclic) bond motifs is 1. The normalized spacial score (nSPS) is 12.6. The number of hydrogen-bond acceptors (Lipinski definition) is 5. The first kappa shape index (κ1) is 25.9. The quantitative estimate of drug-likeness (QED) is 0.242. The summed E-state index contributed by atoms with van der Waals surface area (Å²) in [5.74, 6) is 1.82. The van der Waals surface area contributed by atoms with Gasteiger partial charge in [0.2, 0.25) is 0 Å². The van der Waals surface area contributed by atoms with E-state index in [9.17, 15) is 4.79 Å². The number of rotatable bonds is 8. The zero-order chi connectivity index (χ0) is 24.3. The number of benzene rings is 2. The van der Waals surface area contributed by atoms with Gasteiger partial charge in [0.05, 0.1) is 34.3 Å². The molecule has 0 saturated carbocycles. The van der Waals surface area contributed by atoms with Crippen LogP contribution in [0, 0.1) is 0 Å². The van der Waals surface area contributed by atoms with Gasteiger partial charge in [0.15, 0.2) is 11.5 Å². The Hall–Kier alpha value is -1.71. The summed E-state index contributed by atoms with van der Waals surface area (Å²) in [4.78, 5) is 18.0. The molecule has 3 rings (SSSR count). The zero-order valence-corrected chi connectivity index (χ0v) is 23.9. The van der Waals surface area contributed by atoms with Crippen LogP contribution in [-0.4, -0.2) is 28.6 Å². The molecular formula is C24H26Br3N3O3. The second-order valence-electron chi connectivity index (χ2n) is 7.84. The summed E-state index contributed by atoms with van der Waals surface area (Å²) in [5.41, 5.74) is 1.16. The van der Waals surface area contributed by atoms with Crippen LogP contribution in [0.2, 0.25) is 0 Å². The van der Waals surface area contributed by atoms with Crippen molar-refractivity contribution < 1.29 is 9.47 Å². The average molecular weight is 644 g/mol. The lowest BCUT2D eigenvalue weighted by Gasteiger charge is -2.19. The van der Waals surface area contributed by atoms with E-state index in [1.54, 1.807) is 12.3 Å². The molecule has 0 radical (unpaired) electrons. The van der Waals surface area contributed by atoms with Crippen LogP contribution in [0.4, 0.5) is 0 Å². The maximum atomic E-state index is 13.3. The van der Waals surface area contributed by atoms with Crippen molar-refractivity contribution in [2.75, 3.05) is 6.61 Å². The molecule has 0 saturated heterocycles. The number of nitrogens with zero attached hydrogens (tertiary/aromatic N) is 3. The van der Waals surface area contributed by atoms with Gasteiger partial charge in [0, 0.05) is 20.4 Å². The van der Waals surface area contributed by atoms with E-state index in [-0.39, 0.29) is 17.6 Å². The molecule has 0 aliphatic rings. The summed E-state index contributed by atoms with van der Waals surface area (Å²) >= 11 is 10.7. The van der Waals surface area contributed by atoms with Gasteiger partial charge in [0.1, 0.15) is 5.82 Å². The molecule has 176 valence electrons. The van der Waals surface area contributed by atoms with E-state index >= 15 is 0 Å². The van der Waals surface area contributed by atoms with Crippen LogP contribution >= 0.6 is 47.8 Å². The molecule has 0 aliphatic heterocycles. The Morgan fingerprint density at radius 1 is 1.12 bits per heavy atom. The average Bonchev–Trinajstić information content (AvgIpc) is 2.78. The molecule has 0 spiro atoms. The lowest BCUT2D eigenvalue weighted by molar-refractivity contribution is 0.201. The van der Waals surface area contributed by atoms with Crippen molar-refractivity contribution in [1.82, 2.24) is 9.66 Å². The Labute approximate surface area is 218 Å². The van der Waals surface area contributed by atoms with E-state index in [1.807, 2.05) is 45.9 Å². The molecule has 0 unspecified atom stereocenters. The van der Waals surface area contributed by atoms with E-state index in [1.165, 1.54) is 4.68 Å². The van der Waals surface area contributed by atoms with E-state index in [0.29, 0.717) is 34.8 Å². The molecule has 1 heterocycles. The van der Waals surface area contributed by atoms with E-state index < -0.39 is 0 Å².